The first-order valence-electron chi connectivity index (χ1n) is 4.75. The van der Waals surface area contributed by atoms with Crippen LogP contribution in [0.15, 0.2) is 0 Å². The van der Waals surface area contributed by atoms with Crippen molar-refractivity contribution in [2.45, 2.75) is 24.0 Å². The van der Waals surface area contributed by atoms with Gasteiger partial charge in [0, 0.05) is 6.54 Å². The molecule has 5 heteroatoms. The Morgan fingerprint density at radius 1 is 1.38 bits per heavy atom. The van der Waals surface area contributed by atoms with E-state index in [0.717, 1.165) is 32.5 Å². The van der Waals surface area contributed by atoms with Gasteiger partial charge in [-0.15, -0.1) is 0 Å². The van der Waals surface area contributed by atoms with Crippen LogP contribution in [0.5, 0.6) is 0 Å². The Morgan fingerprint density at radius 3 is 2.31 bits per heavy atom. The van der Waals surface area contributed by atoms with E-state index >= 15 is 0 Å². The summed E-state index contributed by atoms with van der Waals surface area (Å²) in [5, 5.41) is 0. The van der Waals surface area contributed by atoms with Gasteiger partial charge in [0.15, 0.2) is 0 Å². The molecule has 1 N–H and O–H groups in total. The van der Waals surface area contributed by atoms with E-state index in [1.165, 1.54) is 13.5 Å². The first-order chi connectivity index (χ1) is 6.10. The summed E-state index contributed by atoms with van der Waals surface area (Å²) in [6.45, 7) is 2.87. The van der Waals surface area contributed by atoms with Crippen LogP contribution in [-0.4, -0.2) is 44.7 Å². The predicted molar refractivity (Wildman–Crippen MR) is 51.0 cm³/mol. The zero-order chi connectivity index (χ0) is 9.53. The van der Waals surface area contributed by atoms with Crippen LogP contribution in [0.25, 0.3) is 0 Å². The van der Waals surface area contributed by atoms with Crippen molar-refractivity contribution in [3.8, 4) is 0 Å². The van der Waals surface area contributed by atoms with Crippen molar-refractivity contribution in [3.05, 3.63) is 0 Å². The Labute approximate surface area is 79.4 Å². The predicted octanol–water partition coefficient (Wildman–Crippen LogP) is -0.226. The standard InChI is InChI=1S/C8H16N2O2S/c1-9-13(11,12)8(3-4-8)7-10-5-2-6-10/h9H,2-7H2,1H3. The highest BCUT2D eigenvalue weighted by atomic mass is 32.2. The van der Waals surface area contributed by atoms with Crippen molar-refractivity contribution < 1.29 is 8.42 Å². The van der Waals surface area contributed by atoms with Gasteiger partial charge >= 0.3 is 0 Å². The molecule has 0 bridgehead atoms. The molecule has 1 aliphatic heterocycles. The Kier molecular flexibility index (Phi) is 2.13. The summed E-state index contributed by atoms with van der Waals surface area (Å²) in [5.74, 6) is 0. The van der Waals surface area contributed by atoms with E-state index in [-0.39, 0.29) is 0 Å². The summed E-state index contributed by atoms with van der Waals surface area (Å²) in [4.78, 5) is 2.22. The van der Waals surface area contributed by atoms with Crippen LogP contribution in [0.2, 0.25) is 0 Å². The maximum Gasteiger partial charge on any atom is 0.218 e. The van der Waals surface area contributed by atoms with Gasteiger partial charge in [0.2, 0.25) is 10.0 Å². The van der Waals surface area contributed by atoms with Gasteiger partial charge in [0.05, 0.1) is 4.75 Å². The van der Waals surface area contributed by atoms with Crippen LogP contribution in [0.3, 0.4) is 0 Å². The van der Waals surface area contributed by atoms with Gasteiger partial charge in [0.1, 0.15) is 0 Å². The first-order valence-corrected chi connectivity index (χ1v) is 6.23. The van der Waals surface area contributed by atoms with Crippen LogP contribution < -0.4 is 4.72 Å². The van der Waals surface area contributed by atoms with E-state index in [1.807, 2.05) is 0 Å². The summed E-state index contributed by atoms with van der Waals surface area (Å²) in [6, 6.07) is 0. The quantitative estimate of drug-likeness (QED) is 0.688. The molecule has 0 unspecified atom stereocenters. The second-order valence-corrected chi connectivity index (χ2v) is 6.30. The molecule has 1 saturated carbocycles. The second kappa shape index (κ2) is 2.93. The highest BCUT2D eigenvalue weighted by Crippen LogP contribution is 2.44. The third-order valence-electron chi connectivity index (χ3n) is 3.11. The first kappa shape index (κ1) is 9.43. The molecule has 0 radical (unpaired) electrons. The third-order valence-corrected chi connectivity index (χ3v) is 5.32. The molecule has 2 aliphatic rings. The lowest BCUT2D eigenvalue weighted by molar-refractivity contribution is 0.177. The SMILES string of the molecule is CNS(=O)(=O)C1(CN2CCC2)CC1. The highest BCUT2D eigenvalue weighted by molar-refractivity contribution is 7.91. The number of rotatable bonds is 4. The fraction of sp³-hybridized carbons (Fsp3) is 1.00. The minimum atomic E-state index is -3.05. The highest BCUT2D eigenvalue weighted by Gasteiger charge is 2.55. The van der Waals surface area contributed by atoms with Crippen molar-refractivity contribution >= 4 is 10.0 Å². The van der Waals surface area contributed by atoms with Gasteiger partial charge < -0.3 is 4.90 Å². The van der Waals surface area contributed by atoms with E-state index in [4.69, 9.17) is 0 Å². The summed E-state index contributed by atoms with van der Waals surface area (Å²) in [6.07, 6.45) is 2.87. The van der Waals surface area contributed by atoms with Crippen molar-refractivity contribution in [2.75, 3.05) is 26.7 Å². The molecule has 0 spiro atoms. The summed E-state index contributed by atoms with van der Waals surface area (Å²) < 4.78 is 25.2. The lowest BCUT2D eigenvalue weighted by Gasteiger charge is -2.33. The van der Waals surface area contributed by atoms with E-state index in [0.29, 0.717) is 0 Å². The molecule has 1 saturated heterocycles. The average Bonchev–Trinajstić information content (AvgIpc) is 2.78. The van der Waals surface area contributed by atoms with E-state index in [1.54, 1.807) is 0 Å². The van der Waals surface area contributed by atoms with Crippen molar-refractivity contribution in [1.82, 2.24) is 9.62 Å². The molecule has 2 fully saturated rings. The maximum absolute atomic E-state index is 11.6. The number of nitrogens with one attached hydrogen (secondary N) is 1. The number of sulfonamides is 1. The topological polar surface area (TPSA) is 49.4 Å². The second-order valence-electron chi connectivity index (χ2n) is 4.02. The molecule has 0 amide bonds. The summed E-state index contributed by atoms with van der Waals surface area (Å²) in [7, 11) is -1.54. The van der Waals surface area contributed by atoms with Crippen molar-refractivity contribution in [3.63, 3.8) is 0 Å². The molecular formula is C8H16N2O2S. The Morgan fingerprint density at radius 2 is 2.00 bits per heavy atom. The third kappa shape index (κ3) is 1.49. The van der Waals surface area contributed by atoms with Crippen molar-refractivity contribution in [1.29, 1.82) is 0 Å². The minimum Gasteiger partial charge on any atom is -0.302 e. The average molecular weight is 204 g/mol. The Bertz CT molecular complexity index is 291. The molecule has 0 aromatic heterocycles. The number of hydrogen-bond acceptors (Lipinski definition) is 3. The molecule has 4 nitrogen and oxygen atoms in total. The Hall–Kier alpha value is -0.130. The fourth-order valence-electron chi connectivity index (χ4n) is 1.82. The maximum atomic E-state index is 11.6. The molecule has 1 aliphatic carbocycles. The number of nitrogens with zero attached hydrogens (tertiary/aromatic N) is 1. The molecule has 0 aromatic carbocycles. The molecule has 0 atom stereocenters. The van der Waals surface area contributed by atoms with E-state index in [2.05, 4.69) is 9.62 Å². The van der Waals surface area contributed by atoms with Crippen LogP contribution in [0.1, 0.15) is 19.3 Å². The largest absolute Gasteiger partial charge is 0.302 e. The normalized spacial score (nSPS) is 26.8. The molecule has 1 heterocycles. The molecule has 2 rings (SSSR count). The van der Waals surface area contributed by atoms with Crippen molar-refractivity contribution in [2.24, 2.45) is 0 Å². The van der Waals surface area contributed by atoms with Crippen LogP contribution in [0, 0.1) is 0 Å². The zero-order valence-electron chi connectivity index (χ0n) is 7.91. The minimum absolute atomic E-state index is 0.442. The smallest absolute Gasteiger partial charge is 0.218 e. The Balaban J connectivity index is 2.03. The van der Waals surface area contributed by atoms with Crippen LogP contribution in [0.4, 0.5) is 0 Å². The van der Waals surface area contributed by atoms with Gasteiger partial charge in [-0.2, -0.15) is 0 Å². The molecule has 13 heavy (non-hydrogen) atoms. The van der Waals surface area contributed by atoms with Crippen LogP contribution >= 0.6 is 0 Å². The summed E-state index contributed by atoms with van der Waals surface area (Å²) in [5.41, 5.74) is 0. The van der Waals surface area contributed by atoms with Gasteiger partial charge in [-0.1, -0.05) is 0 Å². The van der Waals surface area contributed by atoms with Gasteiger partial charge in [-0.25, -0.2) is 13.1 Å². The molecule has 76 valence electrons. The monoisotopic (exact) mass is 204 g/mol. The zero-order valence-corrected chi connectivity index (χ0v) is 8.73. The van der Waals surface area contributed by atoms with Gasteiger partial charge in [0.25, 0.3) is 0 Å². The number of likely N-dealkylation sites (tertiary alicyclic amines) is 1. The van der Waals surface area contributed by atoms with Crippen LogP contribution in [-0.2, 0) is 10.0 Å². The molecular weight excluding hydrogens is 188 g/mol. The fourth-order valence-corrected chi connectivity index (χ4v) is 3.24. The van der Waals surface area contributed by atoms with Gasteiger partial charge in [-0.05, 0) is 39.4 Å². The lowest BCUT2D eigenvalue weighted by atomic mass is 10.2. The van der Waals surface area contributed by atoms with E-state index in [9.17, 15) is 8.42 Å². The lowest BCUT2D eigenvalue weighted by Crippen LogP contribution is -2.48. The van der Waals surface area contributed by atoms with Gasteiger partial charge in [-0.3, -0.25) is 0 Å². The molecule has 0 aromatic rings. The van der Waals surface area contributed by atoms with E-state index < -0.39 is 14.8 Å². The summed E-state index contributed by atoms with van der Waals surface area (Å²) >= 11 is 0. The number of hydrogen-bond donors (Lipinski definition) is 1.